The summed E-state index contributed by atoms with van der Waals surface area (Å²) in [6, 6.07) is 5.27. The molecule has 1 aromatic heterocycles. The maximum absolute atomic E-state index is 11.0. The molecule has 1 heterocycles. The fourth-order valence-electron chi connectivity index (χ4n) is 1.70. The number of aliphatic hydroxyl groups excluding tert-OH is 1. The number of hydrogen-bond donors (Lipinski definition) is 2. The van der Waals surface area contributed by atoms with E-state index >= 15 is 0 Å². The summed E-state index contributed by atoms with van der Waals surface area (Å²) in [5, 5.41) is 10.0. The fourth-order valence-corrected chi connectivity index (χ4v) is 1.70. The minimum atomic E-state index is -0.519. The van der Waals surface area contributed by atoms with Crippen LogP contribution in [0, 0.1) is 5.92 Å². The maximum atomic E-state index is 11.0. The number of aromatic nitrogens is 1. The van der Waals surface area contributed by atoms with Gasteiger partial charge in [-0.1, -0.05) is 26.3 Å². The average molecular weight is 221 g/mol. The van der Waals surface area contributed by atoms with Gasteiger partial charge in [-0.15, -0.1) is 0 Å². The van der Waals surface area contributed by atoms with E-state index in [1.54, 1.807) is 12.1 Å². The number of fused-ring (bicyclic) bond motifs is 1. The molecule has 0 saturated heterocycles. The van der Waals surface area contributed by atoms with Crippen LogP contribution in [0.1, 0.15) is 31.9 Å². The third-order valence-electron chi connectivity index (χ3n) is 2.97. The zero-order valence-corrected chi connectivity index (χ0v) is 9.36. The minimum absolute atomic E-state index is 0.183. The van der Waals surface area contributed by atoms with Gasteiger partial charge in [0.1, 0.15) is 0 Å². The van der Waals surface area contributed by atoms with Crippen molar-refractivity contribution in [3.8, 4) is 0 Å². The molecular weight excluding hydrogens is 206 g/mol. The Morgan fingerprint density at radius 1 is 1.50 bits per heavy atom. The largest absolute Gasteiger partial charge is 0.417 e. The van der Waals surface area contributed by atoms with Crippen LogP contribution < -0.4 is 5.76 Å². The van der Waals surface area contributed by atoms with E-state index < -0.39 is 11.9 Å². The predicted octanol–water partition coefficient (Wildman–Crippen LogP) is 2.20. The molecule has 2 aromatic rings. The van der Waals surface area contributed by atoms with Crippen molar-refractivity contribution in [3.05, 3.63) is 34.3 Å². The number of benzene rings is 1. The minimum Gasteiger partial charge on any atom is -0.408 e. The Balaban J connectivity index is 2.42. The van der Waals surface area contributed by atoms with E-state index in [0.717, 1.165) is 12.0 Å². The molecule has 86 valence electrons. The molecule has 4 heteroatoms. The highest BCUT2D eigenvalue weighted by atomic mass is 16.4. The third kappa shape index (κ3) is 1.88. The summed E-state index contributed by atoms with van der Waals surface area (Å²) in [5.41, 5.74) is 1.93. The van der Waals surface area contributed by atoms with E-state index in [1.165, 1.54) is 0 Å². The first-order valence-electron chi connectivity index (χ1n) is 5.42. The normalized spacial score (nSPS) is 15.2. The summed E-state index contributed by atoms with van der Waals surface area (Å²) in [7, 11) is 0. The molecule has 2 atom stereocenters. The van der Waals surface area contributed by atoms with Crippen molar-refractivity contribution in [2.75, 3.05) is 0 Å². The van der Waals surface area contributed by atoms with Crippen LogP contribution in [0.15, 0.2) is 27.4 Å². The lowest BCUT2D eigenvalue weighted by atomic mass is 9.95. The topological polar surface area (TPSA) is 66.2 Å². The van der Waals surface area contributed by atoms with Gasteiger partial charge in [-0.2, -0.15) is 0 Å². The predicted molar refractivity (Wildman–Crippen MR) is 61.2 cm³/mol. The number of hydrogen-bond acceptors (Lipinski definition) is 3. The monoisotopic (exact) mass is 221 g/mol. The standard InChI is InChI=1S/C12H15NO3/c1-3-7(2)11(14)8-4-5-9-10(6-8)16-12(15)13-9/h4-7,11,14H,3H2,1-2H3,(H,13,15). The summed E-state index contributed by atoms with van der Waals surface area (Å²) in [5.74, 6) is -0.284. The molecular formula is C12H15NO3. The van der Waals surface area contributed by atoms with Gasteiger partial charge in [0.2, 0.25) is 0 Å². The summed E-state index contributed by atoms with van der Waals surface area (Å²) >= 11 is 0. The molecule has 0 radical (unpaired) electrons. The molecule has 0 amide bonds. The van der Waals surface area contributed by atoms with Gasteiger partial charge in [0.05, 0.1) is 11.6 Å². The van der Waals surface area contributed by atoms with Crippen LogP contribution in [0.25, 0.3) is 11.1 Å². The van der Waals surface area contributed by atoms with Gasteiger partial charge in [0.15, 0.2) is 5.58 Å². The van der Waals surface area contributed by atoms with Gasteiger partial charge in [0.25, 0.3) is 0 Å². The quantitative estimate of drug-likeness (QED) is 0.835. The Morgan fingerprint density at radius 3 is 2.94 bits per heavy atom. The van der Waals surface area contributed by atoms with Gasteiger partial charge in [0, 0.05) is 0 Å². The molecule has 16 heavy (non-hydrogen) atoms. The molecule has 0 spiro atoms. The first-order chi connectivity index (χ1) is 7.61. The number of rotatable bonds is 3. The van der Waals surface area contributed by atoms with Gasteiger partial charge in [-0.05, 0) is 23.6 Å². The molecule has 1 aromatic carbocycles. The Morgan fingerprint density at radius 2 is 2.25 bits per heavy atom. The van der Waals surface area contributed by atoms with Crippen molar-refractivity contribution in [2.24, 2.45) is 5.92 Å². The van der Waals surface area contributed by atoms with E-state index in [0.29, 0.717) is 11.1 Å². The average Bonchev–Trinajstić information content (AvgIpc) is 2.65. The van der Waals surface area contributed by atoms with E-state index in [-0.39, 0.29) is 5.92 Å². The Hall–Kier alpha value is -1.55. The number of aromatic amines is 1. The second-order valence-corrected chi connectivity index (χ2v) is 4.10. The van der Waals surface area contributed by atoms with Crippen LogP contribution in [0.5, 0.6) is 0 Å². The van der Waals surface area contributed by atoms with Crippen LogP contribution >= 0.6 is 0 Å². The number of oxazole rings is 1. The fraction of sp³-hybridized carbons (Fsp3) is 0.417. The van der Waals surface area contributed by atoms with Crippen LogP contribution in [-0.4, -0.2) is 10.1 Å². The highest BCUT2D eigenvalue weighted by Gasteiger charge is 2.15. The lowest BCUT2D eigenvalue weighted by molar-refractivity contribution is 0.115. The Bertz CT molecular complexity index is 540. The van der Waals surface area contributed by atoms with Gasteiger partial charge in [-0.3, -0.25) is 4.98 Å². The first kappa shape index (κ1) is 11.0. The van der Waals surface area contributed by atoms with Crippen molar-refractivity contribution in [2.45, 2.75) is 26.4 Å². The van der Waals surface area contributed by atoms with Crippen molar-refractivity contribution < 1.29 is 9.52 Å². The molecule has 0 aliphatic heterocycles. The molecule has 0 aliphatic carbocycles. The Kier molecular flexibility index (Phi) is 2.83. The maximum Gasteiger partial charge on any atom is 0.417 e. The molecule has 0 aliphatic rings. The van der Waals surface area contributed by atoms with Crippen LogP contribution in [0.4, 0.5) is 0 Å². The van der Waals surface area contributed by atoms with E-state index in [2.05, 4.69) is 4.98 Å². The smallest absolute Gasteiger partial charge is 0.408 e. The molecule has 0 saturated carbocycles. The second kappa shape index (κ2) is 4.14. The highest BCUT2D eigenvalue weighted by Crippen LogP contribution is 2.26. The third-order valence-corrected chi connectivity index (χ3v) is 2.97. The summed E-state index contributed by atoms with van der Waals surface area (Å²) in [4.78, 5) is 13.5. The van der Waals surface area contributed by atoms with Gasteiger partial charge in [-0.25, -0.2) is 4.79 Å². The molecule has 2 unspecified atom stereocenters. The van der Waals surface area contributed by atoms with Crippen LogP contribution in [-0.2, 0) is 0 Å². The van der Waals surface area contributed by atoms with E-state index in [9.17, 15) is 9.90 Å². The molecule has 0 bridgehead atoms. The van der Waals surface area contributed by atoms with Crippen molar-refractivity contribution in [3.63, 3.8) is 0 Å². The molecule has 0 fully saturated rings. The SMILES string of the molecule is CCC(C)C(O)c1ccc2[nH]c(=O)oc2c1. The van der Waals surface area contributed by atoms with Crippen LogP contribution in [0.3, 0.4) is 0 Å². The highest BCUT2D eigenvalue weighted by molar-refractivity contribution is 5.72. The first-order valence-corrected chi connectivity index (χ1v) is 5.42. The summed E-state index contributed by atoms with van der Waals surface area (Å²) in [6.07, 6.45) is 0.380. The van der Waals surface area contributed by atoms with Gasteiger partial charge < -0.3 is 9.52 Å². The lowest BCUT2D eigenvalue weighted by Crippen LogP contribution is -2.07. The number of H-pyrrole nitrogens is 1. The lowest BCUT2D eigenvalue weighted by Gasteiger charge is -2.17. The number of aliphatic hydroxyl groups is 1. The van der Waals surface area contributed by atoms with Crippen molar-refractivity contribution in [1.82, 2.24) is 4.98 Å². The van der Waals surface area contributed by atoms with Crippen molar-refractivity contribution in [1.29, 1.82) is 0 Å². The van der Waals surface area contributed by atoms with E-state index in [4.69, 9.17) is 4.42 Å². The molecule has 4 nitrogen and oxygen atoms in total. The zero-order valence-electron chi connectivity index (χ0n) is 9.36. The number of nitrogens with one attached hydrogen (secondary N) is 1. The zero-order chi connectivity index (χ0) is 11.7. The molecule has 2 N–H and O–H groups in total. The van der Waals surface area contributed by atoms with Gasteiger partial charge >= 0.3 is 5.76 Å². The Labute approximate surface area is 92.9 Å². The summed E-state index contributed by atoms with van der Waals surface area (Å²) in [6.45, 7) is 4.02. The van der Waals surface area contributed by atoms with E-state index in [1.807, 2.05) is 19.9 Å². The van der Waals surface area contributed by atoms with Crippen molar-refractivity contribution >= 4 is 11.1 Å². The molecule has 2 rings (SSSR count). The van der Waals surface area contributed by atoms with Crippen LogP contribution in [0.2, 0.25) is 0 Å². The second-order valence-electron chi connectivity index (χ2n) is 4.10. The summed E-state index contributed by atoms with van der Waals surface area (Å²) < 4.78 is 4.95.